The van der Waals surface area contributed by atoms with Crippen LogP contribution in [0.3, 0.4) is 0 Å². The average Bonchev–Trinajstić information content (AvgIpc) is 2.87. The Morgan fingerprint density at radius 1 is 1.25 bits per heavy atom. The summed E-state index contributed by atoms with van der Waals surface area (Å²) in [6.45, 7) is 7.28. The van der Waals surface area contributed by atoms with Gasteiger partial charge in [0.25, 0.3) is 0 Å². The van der Waals surface area contributed by atoms with E-state index >= 15 is 0 Å². The zero-order valence-electron chi connectivity index (χ0n) is 14.8. The molecule has 3 rings (SSSR count). The van der Waals surface area contributed by atoms with Gasteiger partial charge in [0.2, 0.25) is 0 Å². The molecule has 5 nitrogen and oxygen atoms in total. The molecule has 1 saturated heterocycles. The second kappa shape index (κ2) is 7.05. The molecule has 1 unspecified atom stereocenters. The molecule has 0 spiro atoms. The molecule has 0 amide bonds. The minimum atomic E-state index is -0.527. The summed E-state index contributed by atoms with van der Waals surface area (Å²) >= 11 is 0. The van der Waals surface area contributed by atoms with Gasteiger partial charge in [0.15, 0.2) is 0 Å². The molecule has 1 atom stereocenters. The summed E-state index contributed by atoms with van der Waals surface area (Å²) in [5.41, 5.74) is 4.26. The van der Waals surface area contributed by atoms with Crippen molar-refractivity contribution in [2.75, 3.05) is 26.3 Å². The Hall–Kier alpha value is -1.69. The molecule has 2 aromatic rings. The highest BCUT2D eigenvalue weighted by Gasteiger charge is 2.37. The van der Waals surface area contributed by atoms with Gasteiger partial charge in [0, 0.05) is 44.9 Å². The summed E-state index contributed by atoms with van der Waals surface area (Å²) in [5.74, 6) is 0. The fourth-order valence-corrected chi connectivity index (χ4v) is 3.52. The van der Waals surface area contributed by atoms with E-state index in [2.05, 4.69) is 35.3 Å². The fourth-order valence-electron chi connectivity index (χ4n) is 3.52. The molecule has 1 aliphatic rings. The molecule has 5 heteroatoms. The van der Waals surface area contributed by atoms with E-state index in [-0.39, 0.29) is 6.61 Å². The number of morpholine rings is 1. The van der Waals surface area contributed by atoms with Gasteiger partial charge in [0.05, 0.1) is 18.9 Å². The first-order chi connectivity index (χ1) is 11.5. The van der Waals surface area contributed by atoms with Gasteiger partial charge >= 0.3 is 0 Å². The Bertz CT molecular complexity index is 698. The molecule has 1 aromatic carbocycles. The van der Waals surface area contributed by atoms with Crippen LogP contribution in [0.4, 0.5) is 0 Å². The normalized spacial score (nSPS) is 22.0. The number of aliphatic hydroxyl groups excluding tert-OH is 1. The SMILES string of the molecule is Cc1ccccc1CC1(CO)CN(Cc2cn(C)nc2C)CCO1. The highest BCUT2D eigenvalue weighted by atomic mass is 16.5. The van der Waals surface area contributed by atoms with Gasteiger partial charge < -0.3 is 9.84 Å². The zero-order valence-corrected chi connectivity index (χ0v) is 14.8. The lowest BCUT2D eigenvalue weighted by Crippen LogP contribution is -2.55. The molecule has 130 valence electrons. The Kier molecular flexibility index (Phi) is 5.04. The molecule has 0 saturated carbocycles. The monoisotopic (exact) mass is 329 g/mol. The third-order valence-corrected chi connectivity index (χ3v) is 4.90. The maximum Gasteiger partial charge on any atom is 0.108 e. The third kappa shape index (κ3) is 3.69. The van der Waals surface area contributed by atoms with Gasteiger partial charge in [-0.3, -0.25) is 9.58 Å². The summed E-state index contributed by atoms with van der Waals surface area (Å²) in [5, 5.41) is 14.5. The predicted octanol–water partition coefficient (Wildman–Crippen LogP) is 1.84. The Balaban J connectivity index is 1.74. The molecule has 1 N–H and O–H groups in total. The first-order valence-corrected chi connectivity index (χ1v) is 8.52. The Labute approximate surface area is 143 Å². The van der Waals surface area contributed by atoms with Crippen LogP contribution in [0, 0.1) is 13.8 Å². The second-order valence-corrected chi connectivity index (χ2v) is 6.92. The molecular weight excluding hydrogens is 302 g/mol. The topological polar surface area (TPSA) is 50.5 Å². The molecule has 0 bridgehead atoms. The van der Waals surface area contributed by atoms with E-state index in [1.807, 2.05) is 30.8 Å². The number of nitrogens with zero attached hydrogens (tertiary/aromatic N) is 3. The van der Waals surface area contributed by atoms with E-state index in [0.29, 0.717) is 6.61 Å². The van der Waals surface area contributed by atoms with Crippen molar-refractivity contribution < 1.29 is 9.84 Å². The zero-order chi connectivity index (χ0) is 17.2. The molecule has 24 heavy (non-hydrogen) atoms. The largest absolute Gasteiger partial charge is 0.393 e. The Morgan fingerprint density at radius 3 is 2.71 bits per heavy atom. The number of benzene rings is 1. The summed E-state index contributed by atoms with van der Waals surface area (Å²) in [7, 11) is 1.95. The van der Waals surface area contributed by atoms with Crippen molar-refractivity contribution in [2.45, 2.75) is 32.4 Å². The maximum absolute atomic E-state index is 10.1. The van der Waals surface area contributed by atoms with Crippen molar-refractivity contribution in [1.82, 2.24) is 14.7 Å². The first-order valence-electron chi connectivity index (χ1n) is 8.52. The number of hydrogen-bond donors (Lipinski definition) is 1. The third-order valence-electron chi connectivity index (χ3n) is 4.90. The number of aryl methyl sites for hydroxylation is 3. The first kappa shape index (κ1) is 17.1. The lowest BCUT2D eigenvalue weighted by molar-refractivity contribution is -0.134. The summed E-state index contributed by atoms with van der Waals surface area (Å²) in [4.78, 5) is 2.36. The molecule has 1 aliphatic heterocycles. The summed E-state index contributed by atoms with van der Waals surface area (Å²) in [6, 6.07) is 8.33. The van der Waals surface area contributed by atoms with Crippen LogP contribution in [-0.2, 0) is 24.8 Å². The highest BCUT2D eigenvalue weighted by Crippen LogP contribution is 2.25. The minimum absolute atomic E-state index is 0.0316. The van der Waals surface area contributed by atoms with E-state index in [9.17, 15) is 5.11 Å². The van der Waals surface area contributed by atoms with Crippen LogP contribution >= 0.6 is 0 Å². The van der Waals surface area contributed by atoms with Crippen molar-refractivity contribution in [3.63, 3.8) is 0 Å². The van der Waals surface area contributed by atoms with Crippen LogP contribution in [0.15, 0.2) is 30.5 Å². The van der Waals surface area contributed by atoms with Crippen LogP contribution in [0.1, 0.15) is 22.4 Å². The lowest BCUT2D eigenvalue weighted by atomic mass is 9.91. The van der Waals surface area contributed by atoms with Crippen molar-refractivity contribution >= 4 is 0 Å². The fraction of sp³-hybridized carbons (Fsp3) is 0.526. The van der Waals surface area contributed by atoms with Gasteiger partial charge in [-0.15, -0.1) is 0 Å². The minimum Gasteiger partial charge on any atom is -0.393 e. The number of hydrogen-bond acceptors (Lipinski definition) is 4. The van der Waals surface area contributed by atoms with E-state index in [0.717, 1.165) is 31.7 Å². The van der Waals surface area contributed by atoms with Crippen molar-refractivity contribution in [1.29, 1.82) is 0 Å². The molecular formula is C19H27N3O2. The molecule has 0 aliphatic carbocycles. The van der Waals surface area contributed by atoms with Crippen LogP contribution in [0.2, 0.25) is 0 Å². The van der Waals surface area contributed by atoms with Gasteiger partial charge in [-0.25, -0.2) is 0 Å². The van der Waals surface area contributed by atoms with E-state index in [4.69, 9.17) is 4.74 Å². The summed E-state index contributed by atoms with van der Waals surface area (Å²) < 4.78 is 7.92. The lowest BCUT2D eigenvalue weighted by Gasteiger charge is -2.42. The molecule has 0 radical (unpaired) electrons. The maximum atomic E-state index is 10.1. The van der Waals surface area contributed by atoms with E-state index in [1.165, 1.54) is 16.7 Å². The van der Waals surface area contributed by atoms with Gasteiger partial charge in [-0.05, 0) is 25.0 Å². The predicted molar refractivity (Wildman–Crippen MR) is 93.9 cm³/mol. The van der Waals surface area contributed by atoms with Crippen molar-refractivity contribution in [2.24, 2.45) is 7.05 Å². The van der Waals surface area contributed by atoms with Crippen LogP contribution < -0.4 is 0 Å². The highest BCUT2D eigenvalue weighted by molar-refractivity contribution is 5.27. The van der Waals surface area contributed by atoms with E-state index in [1.54, 1.807) is 0 Å². The molecule has 1 aromatic heterocycles. The van der Waals surface area contributed by atoms with Crippen LogP contribution in [-0.4, -0.2) is 51.7 Å². The number of rotatable bonds is 5. The van der Waals surface area contributed by atoms with Crippen molar-refractivity contribution in [3.05, 3.63) is 52.8 Å². The standard InChI is InChI=1S/C19H27N3O2/c1-15-6-4-5-7-17(15)10-19(14-23)13-22(8-9-24-19)12-18-11-21(3)20-16(18)2/h4-7,11,23H,8-10,12-14H2,1-3H3. The number of aromatic nitrogens is 2. The smallest absolute Gasteiger partial charge is 0.108 e. The van der Waals surface area contributed by atoms with Gasteiger partial charge in [-0.1, -0.05) is 24.3 Å². The molecule has 2 heterocycles. The number of ether oxygens (including phenoxy) is 1. The average molecular weight is 329 g/mol. The summed E-state index contributed by atoms with van der Waals surface area (Å²) in [6.07, 6.45) is 2.81. The molecule has 1 fully saturated rings. The Morgan fingerprint density at radius 2 is 2.04 bits per heavy atom. The van der Waals surface area contributed by atoms with E-state index < -0.39 is 5.60 Å². The van der Waals surface area contributed by atoms with Gasteiger partial charge in [0.1, 0.15) is 5.60 Å². The van der Waals surface area contributed by atoms with Gasteiger partial charge in [-0.2, -0.15) is 5.10 Å². The quantitative estimate of drug-likeness (QED) is 0.909. The second-order valence-electron chi connectivity index (χ2n) is 6.92. The van der Waals surface area contributed by atoms with Crippen LogP contribution in [0.25, 0.3) is 0 Å². The van der Waals surface area contributed by atoms with Crippen molar-refractivity contribution in [3.8, 4) is 0 Å². The van der Waals surface area contributed by atoms with Crippen LogP contribution in [0.5, 0.6) is 0 Å². The number of aliphatic hydroxyl groups is 1.